The lowest BCUT2D eigenvalue weighted by Gasteiger charge is -2.01. The summed E-state index contributed by atoms with van der Waals surface area (Å²) in [6.45, 7) is 4.00. The molecule has 2 rings (SSSR count). The first kappa shape index (κ1) is 7.14. The van der Waals surface area contributed by atoms with Crippen LogP contribution >= 0.6 is 11.6 Å². The number of benzene rings is 1. The largest absolute Gasteiger partial charge is 0.309 e. The van der Waals surface area contributed by atoms with Crippen LogP contribution in [0.3, 0.4) is 0 Å². The van der Waals surface area contributed by atoms with Gasteiger partial charge in [0.2, 0.25) is 0 Å². The summed E-state index contributed by atoms with van der Waals surface area (Å²) >= 11 is 5.96. The van der Waals surface area contributed by atoms with Crippen LogP contribution in [0.4, 0.5) is 0 Å². The van der Waals surface area contributed by atoms with Crippen LogP contribution in [0.25, 0.3) is 0 Å². The van der Waals surface area contributed by atoms with Crippen molar-refractivity contribution in [2.45, 2.75) is 20.0 Å². The topological polar surface area (TPSA) is 12.0 Å². The molecule has 1 N–H and O–H groups in total. The molecule has 0 radical (unpaired) electrons. The molecule has 11 heavy (non-hydrogen) atoms. The summed E-state index contributed by atoms with van der Waals surface area (Å²) in [4.78, 5) is 0. The molecular formula is C9H10ClN. The summed E-state index contributed by atoms with van der Waals surface area (Å²) in [5.41, 5.74) is 3.92. The molecule has 0 aliphatic carbocycles. The van der Waals surface area contributed by atoms with E-state index in [0.717, 1.165) is 18.1 Å². The first-order valence-electron chi connectivity index (χ1n) is 3.76. The van der Waals surface area contributed by atoms with E-state index < -0.39 is 0 Å². The van der Waals surface area contributed by atoms with Crippen LogP contribution < -0.4 is 5.32 Å². The second kappa shape index (κ2) is 2.50. The Balaban J connectivity index is 2.57. The molecule has 0 fully saturated rings. The maximum atomic E-state index is 5.96. The van der Waals surface area contributed by atoms with E-state index in [1.54, 1.807) is 0 Å². The van der Waals surface area contributed by atoms with Crippen molar-refractivity contribution in [3.63, 3.8) is 0 Å². The smallest absolute Gasteiger partial charge is 0.0438 e. The highest BCUT2D eigenvalue weighted by molar-refractivity contribution is 6.31. The van der Waals surface area contributed by atoms with E-state index in [9.17, 15) is 0 Å². The predicted molar refractivity (Wildman–Crippen MR) is 46.7 cm³/mol. The average molecular weight is 168 g/mol. The summed E-state index contributed by atoms with van der Waals surface area (Å²) in [5, 5.41) is 4.17. The Morgan fingerprint density at radius 2 is 1.91 bits per heavy atom. The second-order valence-electron chi connectivity index (χ2n) is 2.97. The number of hydrogen-bond donors (Lipinski definition) is 1. The Kier molecular flexibility index (Phi) is 1.63. The Hall–Kier alpha value is -0.530. The third kappa shape index (κ3) is 1.15. The number of rotatable bonds is 0. The molecule has 2 heteroatoms. The van der Waals surface area contributed by atoms with Crippen molar-refractivity contribution in [2.24, 2.45) is 0 Å². The van der Waals surface area contributed by atoms with Crippen LogP contribution in [0, 0.1) is 6.92 Å². The molecule has 1 aromatic rings. The second-order valence-corrected chi connectivity index (χ2v) is 3.38. The third-order valence-corrected chi connectivity index (χ3v) is 2.52. The molecule has 1 aromatic carbocycles. The molecule has 1 heterocycles. The fraction of sp³-hybridized carbons (Fsp3) is 0.333. The van der Waals surface area contributed by atoms with Gasteiger partial charge >= 0.3 is 0 Å². The van der Waals surface area contributed by atoms with Crippen molar-refractivity contribution in [1.82, 2.24) is 5.32 Å². The van der Waals surface area contributed by atoms with E-state index in [-0.39, 0.29) is 0 Å². The quantitative estimate of drug-likeness (QED) is 0.625. The molecule has 0 saturated heterocycles. The summed E-state index contributed by atoms with van der Waals surface area (Å²) in [5.74, 6) is 0. The highest BCUT2D eigenvalue weighted by atomic mass is 35.5. The van der Waals surface area contributed by atoms with Gasteiger partial charge in [-0.1, -0.05) is 17.7 Å². The van der Waals surface area contributed by atoms with E-state index in [1.165, 1.54) is 16.7 Å². The van der Waals surface area contributed by atoms with Crippen molar-refractivity contribution >= 4 is 11.6 Å². The number of nitrogens with one attached hydrogen (secondary N) is 1. The van der Waals surface area contributed by atoms with Gasteiger partial charge in [0.1, 0.15) is 0 Å². The fourth-order valence-electron chi connectivity index (χ4n) is 1.44. The molecule has 58 valence electrons. The van der Waals surface area contributed by atoms with Crippen LogP contribution in [0.1, 0.15) is 16.7 Å². The molecule has 0 saturated carbocycles. The van der Waals surface area contributed by atoms with Crippen LogP contribution in [0.2, 0.25) is 5.02 Å². The van der Waals surface area contributed by atoms with Crippen molar-refractivity contribution in [1.29, 1.82) is 0 Å². The lowest BCUT2D eigenvalue weighted by Crippen LogP contribution is -1.99. The van der Waals surface area contributed by atoms with Gasteiger partial charge in [-0.05, 0) is 29.7 Å². The molecule has 1 aliphatic rings. The van der Waals surface area contributed by atoms with Gasteiger partial charge in [0.25, 0.3) is 0 Å². The lowest BCUT2D eigenvalue weighted by atomic mass is 10.1. The molecule has 1 aliphatic heterocycles. The summed E-state index contributed by atoms with van der Waals surface area (Å²) in [7, 11) is 0. The van der Waals surface area contributed by atoms with Crippen LogP contribution in [-0.4, -0.2) is 0 Å². The number of hydrogen-bond acceptors (Lipinski definition) is 1. The fourth-order valence-corrected chi connectivity index (χ4v) is 1.63. The van der Waals surface area contributed by atoms with Gasteiger partial charge in [-0.2, -0.15) is 0 Å². The van der Waals surface area contributed by atoms with Gasteiger partial charge in [-0.15, -0.1) is 0 Å². The van der Waals surface area contributed by atoms with Gasteiger partial charge < -0.3 is 5.32 Å². The van der Waals surface area contributed by atoms with Crippen molar-refractivity contribution in [3.8, 4) is 0 Å². The third-order valence-electron chi connectivity index (χ3n) is 2.11. The molecule has 1 nitrogen and oxygen atoms in total. The zero-order valence-electron chi connectivity index (χ0n) is 6.45. The minimum atomic E-state index is 0.882. The minimum absolute atomic E-state index is 0.882. The number of halogens is 1. The van der Waals surface area contributed by atoms with Crippen LogP contribution in [0.15, 0.2) is 12.1 Å². The van der Waals surface area contributed by atoms with Gasteiger partial charge in [-0.3, -0.25) is 0 Å². The van der Waals surface area contributed by atoms with E-state index in [0.29, 0.717) is 0 Å². The van der Waals surface area contributed by atoms with Gasteiger partial charge in [0.05, 0.1) is 0 Å². The maximum Gasteiger partial charge on any atom is 0.0438 e. The number of aryl methyl sites for hydroxylation is 1. The van der Waals surface area contributed by atoms with Gasteiger partial charge in [0.15, 0.2) is 0 Å². The van der Waals surface area contributed by atoms with E-state index in [1.807, 2.05) is 6.92 Å². The highest BCUT2D eigenvalue weighted by Gasteiger charge is 2.10. The Morgan fingerprint density at radius 3 is 2.64 bits per heavy atom. The normalized spacial score (nSPS) is 15.1. The number of fused-ring (bicyclic) bond motifs is 1. The summed E-state index contributed by atoms with van der Waals surface area (Å²) in [6, 6.07) is 4.23. The SMILES string of the molecule is Cc1cc2c(cc1Cl)CNC2. The molecular weight excluding hydrogens is 158 g/mol. The van der Waals surface area contributed by atoms with Crippen molar-refractivity contribution in [3.05, 3.63) is 33.8 Å². The molecule has 0 unspecified atom stereocenters. The zero-order valence-corrected chi connectivity index (χ0v) is 7.20. The van der Waals surface area contributed by atoms with Crippen LogP contribution in [0.5, 0.6) is 0 Å². The Bertz CT molecular complexity index is 265. The average Bonchev–Trinajstić information content (AvgIpc) is 2.36. The molecule has 0 spiro atoms. The summed E-state index contributed by atoms with van der Waals surface area (Å²) in [6.07, 6.45) is 0. The molecule has 0 atom stereocenters. The van der Waals surface area contributed by atoms with E-state index in [4.69, 9.17) is 11.6 Å². The first-order chi connectivity index (χ1) is 5.27. The van der Waals surface area contributed by atoms with Gasteiger partial charge in [0, 0.05) is 18.1 Å². The monoisotopic (exact) mass is 167 g/mol. The molecule has 0 bridgehead atoms. The predicted octanol–water partition coefficient (Wildman–Crippen LogP) is 2.25. The van der Waals surface area contributed by atoms with Crippen molar-refractivity contribution < 1.29 is 0 Å². The zero-order chi connectivity index (χ0) is 7.84. The molecule has 0 aromatic heterocycles. The van der Waals surface area contributed by atoms with E-state index >= 15 is 0 Å². The molecule has 0 amide bonds. The van der Waals surface area contributed by atoms with Crippen LogP contribution in [-0.2, 0) is 13.1 Å². The first-order valence-corrected chi connectivity index (χ1v) is 4.14. The summed E-state index contributed by atoms with van der Waals surface area (Å²) < 4.78 is 0. The lowest BCUT2D eigenvalue weighted by molar-refractivity contribution is 0.765. The Labute approximate surface area is 71.4 Å². The van der Waals surface area contributed by atoms with E-state index in [2.05, 4.69) is 17.4 Å². The maximum absolute atomic E-state index is 5.96. The van der Waals surface area contributed by atoms with Crippen molar-refractivity contribution in [2.75, 3.05) is 0 Å². The standard InChI is InChI=1S/C9H10ClN/c1-6-2-7-4-11-5-8(7)3-9(6)10/h2-3,11H,4-5H2,1H3. The Morgan fingerprint density at radius 1 is 1.27 bits per heavy atom. The van der Waals surface area contributed by atoms with Gasteiger partial charge in [-0.25, -0.2) is 0 Å². The highest BCUT2D eigenvalue weighted by Crippen LogP contribution is 2.23. The minimum Gasteiger partial charge on any atom is -0.309 e.